The second kappa shape index (κ2) is 2.90. The minimum atomic E-state index is -0.487. The molecule has 2 unspecified atom stereocenters. The topological polar surface area (TPSA) is 43.1 Å². The van der Waals surface area contributed by atoms with Crippen molar-refractivity contribution in [3.05, 3.63) is 34.0 Å². The third-order valence-electron chi connectivity index (χ3n) is 2.10. The molecule has 0 aromatic rings. The van der Waals surface area contributed by atoms with Crippen LogP contribution in [0.2, 0.25) is 0 Å². The van der Waals surface area contributed by atoms with Gasteiger partial charge in [-0.25, -0.2) is 0 Å². The molecule has 0 aromatic heterocycles. The van der Waals surface area contributed by atoms with Gasteiger partial charge >= 0.3 is 0 Å². The summed E-state index contributed by atoms with van der Waals surface area (Å²) >= 11 is 6.04. The fourth-order valence-electron chi connectivity index (χ4n) is 0.996. The summed E-state index contributed by atoms with van der Waals surface area (Å²) in [7, 11) is 0. The summed E-state index contributed by atoms with van der Waals surface area (Å²) in [4.78, 5) is 9.46. The summed E-state index contributed by atoms with van der Waals surface area (Å²) < 4.78 is 0. The van der Waals surface area contributed by atoms with Crippen LogP contribution in [0.1, 0.15) is 13.8 Å². The normalized spacial score (nSPS) is 34.6. The second-order valence-corrected chi connectivity index (χ2v) is 3.94. The molecule has 0 N–H and O–H groups in total. The van der Waals surface area contributed by atoms with Gasteiger partial charge < -0.3 is 0 Å². The Labute approximate surface area is 75.9 Å². The molecule has 0 bridgehead atoms. The Morgan fingerprint density at radius 1 is 1.75 bits per heavy atom. The van der Waals surface area contributed by atoms with E-state index in [0.29, 0.717) is 0 Å². The average Bonchev–Trinajstić information content (AvgIpc) is 1.94. The molecular formula is C8H10ClNO2. The molecule has 0 heterocycles. The third-order valence-corrected chi connectivity index (χ3v) is 2.57. The molecule has 0 radical (unpaired) electrons. The lowest BCUT2D eigenvalue weighted by molar-refractivity contribution is -0.419. The molecule has 0 aliphatic heterocycles. The molecular weight excluding hydrogens is 178 g/mol. The van der Waals surface area contributed by atoms with Crippen molar-refractivity contribution in [2.24, 2.45) is 5.92 Å². The Hall–Kier alpha value is -0.830. The molecule has 0 saturated heterocycles. The van der Waals surface area contributed by atoms with Crippen molar-refractivity contribution in [3.63, 3.8) is 0 Å². The summed E-state index contributed by atoms with van der Waals surface area (Å²) in [6.45, 7) is 3.70. The monoisotopic (exact) mass is 187 g/mol. The molecule has 0 amide bonds. The molecule has 0 aromatic carbocycles. The van der Waals surface area contributed by atoms with E-state index < -0.39 is 9.80 Å². The quantitative estimate of drug-likeness (QED) is 0.359. The van der Waals surface area contributed by atoms with E-state index >= 15 is 0 Å². The van der Waals surface area contributed by atoms with Gasteiger partial charge in [0.05, 0.1) is 9.80 Å². The van der Waals surface area contributed by atoms with Crippen LogP contribution in [0.3, 0.4) is 0 Å². The van der Waals surface area contributed by atoms with Crippen LogP contribution < -0.4 is 0 Å². The van der Waals surface area contributed by atoms with E-state index in [4.69, 9.17) is 11.6 Å². The molecule has 2 atom stereocenters. The highest BCUT2D eigenvalue weighted by molar-refractivity contribution is 6.25. The molecule has 4 heteroatoms. The van der Waals surface area contributed by atoms with Crippen molar-refractivity contribution >= 4 is 11.6 Å². The van der Waals surface area contributed by atoms with Gasteiger partial charge in [0.25, 0.3) is 5.70 Å². The van der Waals surface area contributed by atoms with Crippen LogP contribution in [-0.2, 0) is 0 Å². The maximum Gasteiger partial charge on any atom is 0.265 e. The number of hydrogen-bond acceptors (Lipinski definition) is 2. The van der Waals surface area contributed by atoms with E-state index in [1.165, 1.54) is 6.08 Å². The number of hydrogen-bond donors (Lipinski definition) is 0. The molecule has 1 aliphatic rings. The van der Waals surface area contributed by atoms with Crippen LogP contribution in [0.15, 0.2) is 23.9 Å². The van der Waals surface area contributed by atoms with Crippen LogP contribution in [0.4, 0.5) is 0 Å². The van der Waals surface area contributed by atoms with Crippen LogP contribution >= 0.6 is 11.6 Å². The van der Waals surface area contributed by atoms with E-state index in [1.54, 1.807) is 12.2 Å². The highest BCUT2D eigenvalue weighted by atomic mass is 35.5. The van der Waals surface area contributed by atoms with Gasteiger partial charge in [-0.05, 0) is 13.0 Å². The van der Waals surface area contributed by atoms with Gasteiger partial charge in [0.1, 0.15) is 0 Å². The van der Waals surface area contributed by atoms with E-state index in [0.717, 1.165) is 0 Å². The van der Waals surface area contributed by atoms with E-state index in [1.807, 2.05) is 13.8 Å². The van der Waals surface area contributed by atoms with Crippen LogP contribution in [-0.4, -0.2) is 9.80 Å². The SMILES string of the molecule is CC1C=C([N+](=O)[O-])C=CC1(C)Cl. The summed E-state index contributed by atoms with van der Waals surface area (Å²) in [5, 5.41) is 10.4. The maximum absolute atomic E-state index is 10.4. The number of nitro groups is 1. The zero-order chi connectivity index (χ0) is 9.35. The first-order valence-corrected chi connectivity index (χ1v) is 4.05. The lowest BCUT2D eigenvalue weighted by Gasteiger charge is -2.25. The summed E-state index contributed by atoms with van der Waals surface area (Å²) in [5.41, 5.74) is 0.126. The third kappa shape index (κ3) is 1.67. The molecule has 0 spiro atoms. The Bertz CT molecular complexity index is 268. The number of rotatable bonds is 1. The van der Waals surface area contributed by atoms with E-state index in [9.17, 15) is 10.1 Å². The summed E-state index contributed by atoms with van der Waals surface area (Å²) in [6, 6.07) is 0. The first-order chi connectivity index (χ1) is 5.43. The van der Waals surface area contributed by atoms with Crippen LogP contribution in [0, 0.1) is 16.0 Å². The molecule has 3 nitrogen and oxygen atoms in total. The van der Waals surface area contributed by atoms with Crippen molar-refractivity contribution in [3.8, 4) is 0 Å². The second-order valence-electron chi connectivity index (χ2n) is 3.12. The molecule has 12 heavy (non-hydrogen) atoms. The van der Waals surface area contributed by atoms with Crippen molar-refractivity contribution < 1.29 is 4.92 Å². The van der Waals surface area contributed by atoms with Crippen molar-refractivity contribution in [2.75, 3.05) is 0 Å². The van der Waals surface area contributed by atoms with Gasteiger partial charge in [0.2, 0.25) is 0 Å². The number of alkyl halides is 1. The zero-order valence-electron chi connectivity index (χ0n) is 6.95. The first kappa shape index (κ1) is 9.26. The summed E-state index contributed by atoms with van der Waals surface area (Å²) in [5.74, 6) is -0.00966. The minimum absolute atomic E-state index is 0.00966. The highest BCUT2D eigenvalue weighted by Crippen LogP contribution is 2.32. The van der Waals surface area contributed by atoms with Crippen molar-refractivity contribution in [2.45, 2.75) is 18.7 Å². The fraction of sp³-hybridized carbons (Fsp3) is 0.500. The average molecular weight is 188 g/mol. The highest BCUT2D eigenvalue weighted by Gasteiger charge is 2.30. The predicted molar refractivity (Wildman–Crippen MR) is 47.6 cm³/mol. The lowest BCUT2D eigenvalue weighted by Crippen LogP contribution is -2.25. The zero-order valence-corrected chi connectivity index (χ0v) is 7.71. The smallest absolute Gasteiger partial charge is 0.258 e. The number of nitrogens with zero attached hydrogens (tertiary/aromatic N) is 1. The lowest BCUT2D eigenvalue weighted by atomic mass is 9.90. The van der Waals surface area contributed by atoms with Crippen molar-refractivity contribution in [1.29, 1.82) is 0 Å². The van der Waals surface area contributed by atoms with E-state index in [2.05, 4.69) is 0 Å². The van der Waals surface area contributed by atoms with Crippen molar-refractivity contribution in [1.82, 2.24) is 0 Å². The van der Waals surface area contributed by atoms with Crippen LogP contribution in [0.5, 0.6) is 0 Å². The summed E-state index contributed by atoms with van der Waals surface area (Å²) in [6.07, 6.45) is 4.69. The Morgan fingerprint density at radius 2 is 2.33 bits per heavy atom. The van der Waals surface area contributed by atoms with E-state index in [-0.39, 0.29) is 11.6 Å². The number of halogens is 1. The van der Waals surface area contributed by atoms with Gasteiger partial charge in [-0.2, -0.15) is 0 Å². The number of allylic oxidation sites excluding steroid dienone is 3. The largest absolute Gasteiger partial charge is 0.265 e. The predicted octanol–water partition coefficient (Wildman–Crippen LogP) is 2.35. The van der Waals surface area contributed by atoms with Gasteiger partial charge in [0, 0.05) is 12.0 Å². The van der Waals surface area contributed by atoms with Gasteiger partial charge in [-0.1, -0.05) is 13.0 Å². The first-order valence-electron chi connectivity index (χ1n) is 3.68. The molecule has 1 rings (SSSR count). The standard InChI is InChI=1S/C8H10ClNO2/c1-6-5-7(10(11)12)3-4-8(6,2)9/h3-6H,1-2H3. The van der Waals surface area contributed by atoms with Gasteiger partial charge in [-0.3, -0.25) is 10.1 Å². The van der Waals surface area contributed by atoms with Crippen LogP contribution in [0.25, 0.3) is 0 Å². The molecule has 66 valence electrons. The fourth-order valence-corrected chi connectivity index (χ4v) is 1.12. The Balaban J connectivity index is 2.91. The van der Waals surface area contributed by atoms with Gasteiger partial charge in [-0.15, -0.1) is 11.6 Å². The maximum atomic E-state index is 10.4. The minimum Gasteiger partial charge on any atom is -0.258 e. The Kier molecular flexibility index (Phi) is 2.24. The molecule has 0 saturated carbocycles. The molecule has 1 aliphatic carbocycles. The van der Waals surface area contributed by atoms with Gasteiger partial charge in [0.15, 0.2) is 0 Å². The Morgan fingerprint density at radius 3 is 2.75 bits per heavy atom. The molecule has 0 fully saturated rings.